The average Bonchev–Trinajstić information content (AvgIpc) is 2.70. The van der Waals surface area contributed by atoms with Crippen LogP contribution < -0.4 is 5.32 Å². The smallest absolute Gasteiger partial charge is 0.226 e. The first-order chi connectivity index (χ1) is 7.95. The first kappa shape index (κ1) is 13.9. The number of aliphatic hydroxyl groups is 2. The Labute approximate surface area is 101 Å². The zero-order valence-corrected chi connectivity index (χ0v) is 10.3. The predicted octanol–water partition coefficient (Wildman–Crippen LogP) is -1.29. The largest absolute Gasteiger partial charge is 0.394 e. The maximum atomic E-state index is 11.9. The number of carbonyl (C=O) groups is 2. The van der Waals surface area contributed by atoms with E-state index in [9.17, 15) is 9.59 Å². The van der Waals surface area contributed by atoms with Gasteiger partial charge in [0.25, 0.3) is 0 Å². The second-order valence-corrected chi connectivity index (χ2v) is 4.70. The molecule has 6 nitrogen and oxygen atoms in total. The van der Waals surface area contributed by atoms with Crippen LogP contribution >= 0.6 is 0 Å². The fourth-order valence-electron chi connectivity index (χ4n) is 1.78. The van der Waals surface area contributed by atoms with E-state index in [2.05, 4.69) is 5.32 Å². The molecule has 1 saturated heterocycles. The minimum atomic E-state index is -1.03. The highest BCUT2D eigenvalue weighted by Gasteiger charge is 2.36. The molecule has 1 aliphatic heterocycles. The first-order valence-electron chi connectivity index (χ1n) is 5.77. The Morgan fingerprint density at radius 2 is 2.12 bits per heavy atom. The van der Waals surface area contributed by atoms with Crippen LogP contribution in [0, 0.1) is 5.92 Å². The van der Waals surface area contributed by atoms with Crippen molar-refractivity contribution in [1.82, 2.24) is 10.2 Å². The van der Waals surface area contributed by atoms with Crippen molar-refractivity contribution in [3.63, 3.8) is 0 Å². The van der Waals surface area contributed by atoms with Crippen molar-refractivity contribution in [2.24, 2.45) is 5.92 Å². The third kappa shape index (κ3) is 3.17. The van der Waals surface area contributed by atoms with Gasteiger partial charge in [0.2, 0.25) is 11.8 Å². The molecule has 0 bridgehead atoms. The van der Waals surface area contributed by atoms with Crippen LogP contribution in [-0.2, 0) is 9.59 Å². The number of hydrogen-bond donors (Lipinski definition) is 3. The molecule has 1 heterocycles. The molecule has 1 atom stereocenters. The fourth-order valence-corrected chi connectivity index (χ4v) is 1.78. The van der Waals surface area contributed by atoms with E-state index >= 15 is 0 Å². The molecule has 0 radical (unpaired) electrons. The van der Waals surface area contributed by atoms with Crippen LogP contribution in [0.25, 0.3) is 0 Å². The second kappa shape index (κ2) is 5.46. The van der Waals surface area contributed by atoms with Crippen LogP contribution in [0.1, 0.15) is 20.3 Å². The van der Waals surface area contributed by atoms with Gasteiger partial charge in [-0.05, 0) is 13.8 Å². The summed E-state index contributed by atoms with van der Waals surface area (Å²) in [7, 11) is 0. The predicted molar refractivity (Wildman–Crippen MR) is 61.1 cm³/mol. The molecular formula is C11H20N2O4. The van der Waals surface area contributed by atoms with Crippen molar-refractivity contribution in [2.45, 2.75) is 25.8 Å². The molecule has 6 heteroatoms. The summed E-state index contributed by atoms with van der Waals surface area (Å²) in [6.45, 7) is 3.75. The van der Waals surface area contributed by atoms with Crippen molar-refractivity contribution < 1.29 is 19.8 Å². The Balaban J connectivity index is 2.58. The Kier molecular flexibility index (Phi) is 4.47. The highest BCUT2D eigenvalue weighted by molar-refractivity contribution is 5.89. The maximum Gasteiger partial charge on any atom is 0.226 e. The zero-order valence-electron chi connectivity index (χ0n) is 10.3. The minimum absolute atomic E-state index is 0.0256. The van der Waals surface area contributed by atoms with E-state index in [-0.39, 0.29) is 37.4 Å². The molecule has 0 aromatic rings. The van der Waals surface area contributed by atoms with E-state index in [4.69, 9.17) is 10.2 Å². The van der Waals surface area contributed by atoms with Gasteiger partial charge in [-0.3, -0.25) is 9.59 Å². The van der Waals surface area contributed by atoms with Gasteiger partial charge in [0.05, 0.1) is 24.7 Å². The molecule has 1 aliphatic rings. The summed E-state index contributed by atoms with van der Waals surface area (Å²) in [5.74, 6) is -0.706. The van der Waals surface area contributed by atoms with Gasteiger partial charge in [0.1, 0.15) is 0 Å². The van der Waals surface area contributed by atoms with Crippen LogP contribution in [-0.4, -0.2) is 58.8 Å². The molecule has 1 unspecified atom stereocenters. The molecule has 98 valence electrons. The zero-order chi connectivity index (χ0) is 13.1. The van der Waals surface area contributed by atoms with Gasteiger partial charge in [0, 0.05) is 19.5 Å². The number of aliphatic hydroxyl groups excluding tert-OH is 2. The van der Waals surface area contributed by atoms with Gasteiger partial charge in [-0.15, -0.1) is 0 Å². The summed E-state index contributed by atoms with van der Waals surface area (Å²) < 4.78 is 0. The van der Waals surface area contributed by atoms with Crippen LogP contribution in [0.5, 0.6) is 0 Å². The summed E-state index contributed by atoms with van der Waals surface area (Å²) >= 11 is 0. The second-order valence-electron chi connectivity index (χ2n) is 4.70. The lowest BCUT2D eigenvalue weighted by Crippen LogP contribution is -2.53. The van der Waals surface area contributed by atoms with E-state index in [1.807, 2.05) is 6.92 Å². The summed E-state index contributed by atoms with van der Waals surface area (Å²) in [6.07, 6.45) is 0.201. The molecule has 1 rings (SSSR count). The number of hydrogen-bond acceptors (Lipinski definition) is 4. The molecule has 0 aromatic carbocycles. The summed E-state index contributed by atoms with van der Waals surface area (Å²) in [5, 5.41) is 20.7. The maximum absolute atomic E-state index is 11.9. The van der Waals surface area contributed by atoms with Gasteiger partial charge in [-0.2, -0.15) is 0 Å². The third-order valence-electron chi connectivity index (χ3n) is 3.09. The lowest BCUT2D eigenvalue weighted by Gasteiger charge is -2.27. The molecular weight excluding hydrogens is 224 g/mol. The van der Waals surface area contributed by atoms with E-state index < -0.39 is 5.54 Å². The normalized spacial score (nSPS) is 20.8. The van der Waals surface area contributed by atoms with E-state index in [1.54, 1.807) is 11.8 Å². The molecule has 0 spiro atoms. The lowest BCUT2D eigenvalue weighted by atomic mass is 10.0. The first-order valence-corrected chi connectivity index (χ1v) is 5.77. The number of carbonyl (C=O) groups excluding carboxylic acids is 2. The molecule has 1 fully saturated rings. The van der Waals surface area contributed by atoms with E-state index in [0.717, 1.165) is 0 Å². The Hall–Kier alpha value is -1.14. The van der Waals surface area contributed by atoms with Crippen LogP contribution in [0.15, 0.2) is 0 Å². The van der Waals surface area contributed by atoms with Crippen molar-refractivity contribution in [3.8, 4) is 0 Å². The van der Waals surface area contributed by atoms with Gasteiger partial charge >= 0.3 is 0 Å². The Morgan fingerprint density at radius 3 is 2.53 bits per heavy atom. The number of nitrogens with zero attached hydrogens (tertiary/aromatic N) is 1. The van der Waals surface area contributed by atoms with Crippen molar-refractivity contribution in [3.05, 3.63) is 0 Å². The molecule has 0 aromatic heterocycles. The van der Waals surface area contributed by atoms with Gasteiger partial charge in [-0.1, -0.05) is 0 Å². The molecule has 17 heavy (non-hydrogen) atoms. The van der Waals surface area contributed by atoms with Crippen molar-refractivity contribution in [2.75, 3.05) is 26.3 Å². The Morgan fingerprint density at radius 1 is 1.53 bits per heavy atom. The number of rotatable bonds is 5. The highest BCUT2D eigenvalue weighted by atomic mass is 16.3. The monoisotopic (exact) mass is 244 g/mol. The number of likely N-dealkylation sites (tertiary alicyclic amines) is 1. The van der Waals surface area contributed by atoms with Gasteiger partial charge in [-0.25, -0.2) is 0 Å². The molecule has 0 saturated carbocycles. The van der Waals surface area contributed by atoms with E-state index in [1.165, 1.54) is 0 Å². The Bertz CT molecular complexity index is 302. The summed E-state index contributed by atoms with van der Waals surface area (Å²) in [6, 6.07) is 0. The summed E-state index contributed by atoms with van der Waals surface area (Å²) in [4.78, 5) is 25.0. The van der Waals surface area contributed by atoms with Crippen molar-refractivity contribution in [1.29, 1.82) is 0 Å². The van der Waals surface area contributed by atoms with Crippen LogP contribution in [0.2, 0.25) is 0 Å². The standard InChI is InChI=1S/C11H20N2O4/c1-3-13-5-8(4-9(13)16)10(17)12-11(2,6-14)7-15/h8,14-15H,3-7H2,1-2H3,(H,12,17). The topological polar surface area (TPSA) is 89.9 Å². The van der Waals surface area contributed by atoms with E-state index in [0.29, 0.717) is 13.1 Å². The van der Waals surface area contributed by atoms with Gasteiger partial charge < -0.3 is 20.4 Å². The SMILES string of the molecule is CCN1CC(C(=O)NC(C)(CO)CO)CC1=O. The molecule has 0 aliphatic carbocycles. The molecule has 3 N–H and O–H groups in total. The number of amides is 2. The van der Waals surface area contributed by atoms with Crippen molar-refractivity contribution >= 4 is 11.8 Å². The lowest BCUT2D eigenvalue weighted by molar-refractivity contribution is -0.130. The average molecular weight is 244 g/mol. The van der Waals surface area contributed by atoms with Crippen LogP contribution in [0.3, 0.4) is 0 Å². The quantitative estimate of drug-likeness (QED) is 0.561. The summed E-state index contributed by atoms with van der Waals surface area (Å²) in [5.41, 5.74) is -1.03. The molecule has 2 amide bonds. The third-order valence-corrected chi connectivity index (χ3v) is 3.09. The fraction of sp³-hybridized carbons (Fsp3) is 0.818. The van der Waals surface area contributed by atoms with Crippen LogP contribution in [0.4, 0.5) is 0 Å². The van der Waals surface area contributed by atoms with Gasteiger partial charge in [0.15, 0.2) is 0 Å². The minimum Gasteiger partial charge on any atom is -0.394 e. The number of nitrogens with one attached hydrogen (secondary N) is 1. The highest BCUT2D eigenvalue weighted by Crippen LogP contribution is 2.18.